The van der Waals surface area contributed by atoms with Crippen molar-refractivity contribution >= 4 is 27.6 Å². The second-order valence-corrected chi connectivity index (χ2v) is 9.65. The van der Waals surface area contributed by atoms with Gasteiger partial charge in [-0.25, -0.2) is 17.6 Å². The molecule has 0 spiro atoms. The summed E-state index contributed by atoms with van der Waals surface area (Å²) in [5, 5.41) is -0.0502. The van der Waals surface area contributed by atoms with Crippen LogP contribution in [0, 0.1) is 5.82 Å². The molecule has 1 aliphatic heterocycles. The number of sulfone groups is 1. The lowest BCUT2D eigenvalue weighted by Gasteiger charge is -2.12. The monoisotopic (exact) mass is 410 g/mol. The van der Waals surface area contributed by atoms with Crippen LogP contribution in [0.5, 0.6) is 5.75 Å². The molecule has 2 aromatic carbocycles. The number of carbonyl (C=O) groups is 1. The third-order valence-corrected chi connectivity index (χ3v) is 7.31. The number of hydrogen-bond donors (Lipinski definition) is 0. The number of esters is 1. The summed E-state index contributed by atoms with van der Waals surface area (Å²) in [6.07, 6.45) is 0.585. The van der Waals surface area contributed by atoms with Crippen molar-refractivity contribution in [2.45, 2.75) is 16.6 Å². The molecule has 2 aromatic rings. The standard InChI is InChI=1S/C19H19FO5S2/c20-14-5-7-15(8-6-14)24-10-11-25-19(21)17-3-1-2-4-18(17)26-16-9-12-27(22,23)13-16/h1-8,16H,9-13H2/t16-/m1/s1. The maximum absolute atomic E-state index is 12.8. The number of ether oxygens (including phenoxy) is 2. The van der Waals surface area contributed by atoms with Crippen LogP contribution in [0.2, 0.25) is 0 Å². The van der Waals surface area contributed by atoms with Gasteiger partial charge >= 0.3 is 5.97 Å². The van der Waals surface area contributed by atoms with E-state index in [2.05, 4.69) is 0 Å². The Bertz CT molecular complexity index is 897. The molecule has 8 heteroatoms. The highest BCUT2D eigenvalue weighted by Crippen LogP contribution is 2.33. The first-order chi connectivity index (χ1) is 12.9. The molecule has 0 bridgehead atoms. The van der Waals surface area contributed by atoms with Crippen LogP contribution in [-0.2, 0) is 14.6 Å². The van der Waals surface area contributed by atoms with Crippen molar-refractivity contribution < 1.29 is 27.1 Å². The minimum atomic E-state index is -2.97. The predicted octanol–water partition coefficient (Wildman–Crippen LogP) is 3.34. The van der Waals surface area contributed by atoms with Crippen LogP contribution in [0.1, 0.15) is 16.8 Å². The third kappa shape index (κ3) is 5.71. The van der Waals surface area contributed by atoms with Gasteiger partial charge < -0.3 is 9.47 Å². The van der Waals surface area contributed by atoms with E-state index in [1.807, 2.05) is 0 Å². The van der Waals surface area contributed by atoms with Crippen molar-refractivity contribution in [3.05, 3.63) is 59.9 Å². The summed E-state index contributed by atoms with van der Waals surface area (Å²) in [4.78, 5) is 13.1. The zero-order valence-corrected chi connectivity index (χ0v) is 16.1. The van der Waals surface area contributed by atoms with Crippen LogP contribution >= 0.6 is 11.8 Å². The molecule has 0 saturated carbocycles. The number of thioether (sulfide) groups is 1. The Morgan fingerprint density at radius 1 is 1.11 bits per heavy atom. The van der Waals surface area contributed by atoms with E-state index in [0.717, 1.165) is 0 Å². The van der Waals surface area contributed by atoms with Crippen LogP contribution < -0.4 is 4.74 Å². The van der Waals surface area contributed by atoms with E-state index in [0.29, 0.717) is 22.6 Å². The summed E-state index contributed by atoms with van der Waals surface area (Å²) in [5.41, 5.74) is 0.411. The Balaban J connectivity index is 1.53. The Morgan fingerprint density at radius 2 is 1.85 bits per heavy atom. The van der Waals surface area contributed by atoms with E-state index >= 15 is 0 Å². The SMILES string of the molecule is O=C(OCCOc1ccc(F)cc1)c1ccccc1S[C@@H]1CCS(=O)(=O)C1. The molecular formula is C19H19FO5S2. The molecule has 1 fully saturated rings. The molecule has 144 valence electrons. The molecule has 3 rings (SSSR count). The van der Waals surface area contributed by atoms with Gasteiger partial charge in [-0.05, 0) is 42.8 Å². The predicted molar refractivity (Wildman–Crippen MR) is 102 cm³/mol. The molecule has 0 radical (unpaired) electrons. The molecular weight excluding hydrogens is 391 g/mol. The lowest BCUT2D eigenvalue weighted by atomic mass is 10.2. The van der Waals surface area contributed by atoms with Crippen LogP contribution in [0.25, 0.3) is 0 Å². The molecule has 27 heavy (non-hydrogen) atoms. The Hall–Kier alpha value is -2.06. The van der Waals surface area contributed by atoms with E-state index in [1.165, 1.54) is 36.0 Å². The van der Waals surface area contributed by atoms with E-state index < -0.39 is 15.8 Å². The minimum Gasteiger partial charge on any atom is -0.490 e. The van der Waals surface area contributed by atoms with Crippen LogP contribution in [0.4, 0.5) is 4.39 Å². The van der Waals surface area contributed by atoms with Crippen LogP contribution in [-0.4, -0.2) is 44.4 Å². The van der Waals surface area contributed by atoms with E-state index in [1.54, 1.807) is 24.3 Å². The highest BCUT2D eigenvalue weighted by Gasteiger charge is 2.29. The lowest BCUT2D eigenvalue weighted by molar-refractivity contribution is 0.0446. The van der Waals surface area contributed by atoms with Crippen molar-refractivity contribution in [3.8, 4) is 5.75 Å². The molecule has 0 N–H and O–H groups in total. The highest BCUT2D eigenvalue weighted by molar-refractivity contribution is 8.02. The Labute approximate surface area is 161 Å². The van der Waals surface area contributed by atoms with Gasteiger partial charge in [0.1, 0.15) is 24.8 Å². The molecule has 0 amide bonds. The first-order valence-corrected chi connectivity index (χ1v) is 11.1. The fourth-order valence-corrected chi connectivity index (χ4v) is 6.29. The number of carbonyl (C=O) groups excluding carboxylic acids is 1. The lowest BCUT2D eigenvalue weighted by Crippen LogP contribution is -2.14. The van der Waals surface area contributed by atoms with Crippen LogP contribution in [0.3, 0.4) is 0 Å². The molecule has 5 nitrogen and oxygen atoms in total. The maximum atomic E-state index is 12.8. The van der Waals surface area contributed by atoms with Crippen molar-refractivity contribution in [3.63, 3.8) is 0 Å². The van der Waals surface area contributed by atoms with Crippen molar-refractivity contribution in [1.29, 1.82) is 0 Å². The minimum absolute atomic E-state index is 0.0486. The summed E-state index contributed by atoms with van der Waals surface area (Å²) in [7, 11) is -2.97. The van der Waals surface area contributed by atoms with E-state index in [9.17, 15) is 17.6 Å². The zero-order chi connectivity index (χ0) is 19.3. The molecule has 0 unspecified atom stereocenters. The normalized spacial score (nSPS) is 18.2. The van der Waals surface area contributed by atoms with E-state index in [4.69, 9.17) is 9.47 Å². The molecule has 1 saturated heterocycles. The van der Waals surface area contributed by atoms with Gasteiger partial charge in [-0.15, -0.1) is 11.8 Å². The van der Waals surface area contributed by atoms with Crippen LogP contribution in [0.15, 0.2) is 53.4 Å². The van der Waals surface area contributed by atoms with Gasteiger partial charge in [0.15, 0.2) is 9.84 Å². The average Bonchev–Trinajstić information content (AvgIpc) is 2.99. The number of rotatable bonds is 7. The highest BCUT2D eigenvalue weighted by atomic mass is 32.2. The number of hydrogen-bond acceptors (Lipinski definition) is 6. The fraction of sp³-hybridized carbons (Fsp3) is 0.316. The molecule has 0 aromatic heterocycles. The van der Waals surface area contributed by atoms with Gasteiger partial charge in [0.05, 0.1) is 17.1 Å². The first kappa shape index (κ1) is 19.7. The van der Waals surface area contributed by atoms with Gasteiger partial charge in [0.25, 0.3) is 0 Å². The van der Waals surface area contributed by atoms with Gasteiger partial charge in [0, 0.05) is 10.1 Å². The zero-order valence-electron chi connectivity index (χ0n) is 14.5. The topological polar surface area (TPSA) is 69.7 Å². The Morgan fingerprint density at radius 3 is 2.56 bits per heavy atom. The second-order valence-electron chi connectivity index (χ2n) is 6.08. The quantitative estimate of drug-likeness (QED) is 0.515. The van der Waals surface area contributed by atoms with Crippen molar-refractivity contribution in [2.24, 2.45) is 0 Å². The van der Waals surface area contributed by atoms with Crippen molar-refractivity contribution in [2.75, 3.05) is 24.7 Å². The number of halogens is 1. The largest absolute Gasteiger partial charge is 0.490 e. The smallest absolute Gasteiger partial charge is 0.339 e. The first-order valence-electron chi connectivity index (χ1n) is 8.44. The van der Waals surface area contributed by atoms with Gasteiger partial charge in [-0.3, -0.25) is 0 Å². The summed E-state index contributed by atoms with van der Waals surface area (Å²) < 4.78 is 46.7. The van der Waals surface area contributed by atoms with Gasteiger partial charge in [0.2, 0.25) is 0 Å². The summed E-state index contributed by atoms with van der Waals surface area (Å²) in [6, 6.07) is 12.6. The van der Waals surface area contributed by atoms with Gasteiger partial charge in [-0.2, -0.15) is 0 Å². The fourth-order valence-electron chi connectivity index (χ4n) is 2.67. The number of benzene rings is 2. The van der Waals surface area contributed by atoms with E-state index in [-0.39, 0.29) is 35.8 Å². The molecule has 1 atom stereocenters. The van der Waals surface area contributed by atoms with Gasteiger partial charge in [-0.1, -0.05) is 12.1 Å². The van der Waals surface area contributed by atoms with Crippen molar-refractivity contribution in [1.82, 2.24) is 0 Å². The second kappa shape index (κ2) is 8.75. The third-order valence-electron chi connectivity index (χ3n) is 3.99. The molecule has 1 heterocycles. The maximum Gasteiger partial charge on any atom is 0.339 e. The summed E-state index contributed by atoms with van der Waals surface area (Å²) in [5.74, 6) is -0.0182. The summed E-state index contributed by atoms with van der Waals surface area (Å²) >= 11 is 1.40. The average molecular weight is 410 g/mol. The molecule has 0 aliphatic carbocycles. The molecule has 1 aliphatic rings. The summed E-state index contributed by atoms with van der Waals surface area (Å²) in [6.45, 7) is 0.195. The Kier molecular flexibility index (Phi) is 6.38.